The van der Waals surface area contributed by atoms with E-state index >= 15 is 0 Å². The molecule has 1 unspecified atom stereocenters. The summed E-state index contributed by atoms with van der Waals surface area (Å²) in [7, 11) is 0. The Morgan fingerprint density at radius 2 is 2.17 bits per heavy atom. The van der Waals surface area contributed by atoms with Crippen LogP contribution in [0.2, 0.25) is 10.0 Å². The molecule has 1 atom stereocenters. The Hall–Kier alpha value is -1.25. The smallest absolute Gasteiger partial charge is 0.331 e. The van der Waals surface area contributed by atoms with E-state index in [1.54, 1.807) is 12.1 Å². The zero-order chi connectivity index (χ0) is 13.1. The molecule has 1 heterocycles. The van der Waals surface area contributed by atoms with Gasteiger partial charge in [0, 0.05) is 22.5 Å². The fourth-order valence-corrected chi connectivity index (χ4v) is 2.23. The number of hydrogen-bond acceptors (Lipinski definition) is 2. The van der Waals surface area contributed by atoms with E-state index in [1.165, 1.54) is 6.08 Å². The summed E-state index contributed by atoms with van der Waals surface area (Å²) in [4.78, 5) is 11.2. The van der Waals surface area contributed by atoms with Crippen LogP contribution < -0.4 is 0 Å². The topological polar surface area (TPSA) is 26.3 Å². The second-order valence-electron chi connectivity index (χ2n) is 4.20. The van der Waals surface area contributed by atoms with E-state index in [1.807, 2.05) is 25.1 Å². The molecule has 1 aromatic rings. The Bertz CT molecular complexity index is 533. The summed E-state index contributed by atoms with van der Waals surface area (Å²) in [6.07, 6.45) is 5.68. The highest BCUT2D eigenvalue weighted by atomic mass is 35.5. The first-order valence-corrected chi connectivity index (χ1v) is 6.31. The van der Waals surface area contributed by atoms with Crippen molar-refractivity contribution in [3.05, 3.63) is 51.5 Å². The van der Waals surface area contributed by atoms with E-state index < -0.39 is 0 Å². The summed E-state index contributed by atoms with van der Waals surface area (Å²) < 4.78 is 5.17. The molecule has 0 aromatic heterocycles. The molecule has 0 saturated heterocycles. The fraction of sp³-hybridized carbons (Fsp3) is 0.214. The van der Waals surface area contributed by atoms with Gasteiger partial charge < -0.3 is 4.74 Å². The molecule has 2 nitrogen and oxygen atoms in total. The van der Waals surface area contributed by atoms with E-state index in [0.717, 1.165) is 11.1 Å². The average molecular weight is 283 g/mol. The van der Waals surface area contributed by atoms with Gasteiger partial charge in [0.25, 0.3) is 0 Å². The van der Waals surface area contributed by atoms with Crippen molar-refractivity contribution in [3.63, 3.8) is 0 Å². The highest BCUT2D eigenvalue weighted by Gasteiger charge is 2.16. The number of rotatable bonds is 2. The minimum absolute atomic E-state index is 0.228. The van der Waals surface area contributed by atoms with E-state index in [0.29, 0.717) is 16.5 Å². The van der Waals surface area contributed by atoms with Gasteiger partial charge in [-0.1, -0.05) is 40.9 Å². The van der Waals surface area contributed by atoms with Gasteiger partial charge in [0.15, 0.2) is 0 Å². The van der Waals surface area contributed by atoms with Crippen molar-refractivity contribution < 1.29 is 9.53 Å². The molecule has 0 N–H and O–H groups in total. The monoisotopic (exact) mass is 282 g/mol. The molecule has 0 aliphatic carbocycles. The molecule has 0 fully saturated rings. The Balaban J connectivity index is 2.12. The van der Waals surface area contributed by atoms with Crippen molar-refractivity contribution in [3.8, 4) is 0 Å². The standard InChI is InChI=1S/C14H12Cl2O2/c1-9-6-12(18-14(17)7-9)5-3-10-2-4-11(15)8-13(10)16/h2-5,7-8,12H,6H2,1H3/b5-3+. The van der Waals surface area contributed by atoms with Gasteiger partial charge in [-0.05, 0) is 30.7 Å². The lowest BCUT2D eigenvalue weighted by molar-refractivity contribution is -0.141. The maximum atomic E-state index is 11.2. The van der Waals surface area contributed by atoms with Crippen molar-refractivity contribution in [1.29, 1.82) is 0 Å². The largest absolute Gasteiger partial charge is 0.455 e. The van der Waals surface area contributed by atoms with Gasteiger partial charge in [-0.2, -0.15) is 0 Å². The summed E-state index contributed by atoms with van der Waals surface area (Å²) in [6, 6.07) is 5.28. The number of ether oxygens (including phenoxy) is 1. The minimum atomic E-state index is -0.296. The van der Waals surface area contributed by atoms with Gasteiger partial charge in [-0.25, -0.2) is 4.79 Å². The van der Waals surface area contributed by atoms with Crippen molar-refractivity contribution in [2.24, 2.45) is 0 Å². The van der Waals surface area contributed by atoms with Gasteiger partial charge in [0.2, 0.25) is 0 Å². The molecular formula is C14H12Cl2O2. The summed E-state index contributed by atoms with van der Waals surface area (Å²) in [5.74, 6) is -0.296. The molecule has 1 aromatic carbocycles. The third-order valence-electron chi connectivity index (χ3n) is 2.61. The third-order valence-corrected chi connectivity index (χ3v) is 3.17. The molecule has 0 bridgehead atoms. The van der Waals surface area contributed by atoms with Gasteiger partial charge in [-0.15, -0.1) is 0 Å². The molecule has 0 spiro atoms. The van der Waals surface area contributed by atoms with Gasteiger partial charge in [0.1, 0.15) is 6.10 Å². The highest BCUT2D eigenvalue weighted by Crippen LogP contribution is 2.23. The van der Waals surface area contributed by atoms with E-state index in [9.17, 15) is 4.79 Å². The highest BCUT2D eigenvalue weighted by molar-refractivity contribution is 6.35. The van der Waals surface area contributed by atoms with Crippen LogP contribution in [-0.2, 0) is 9.53 Å². The second kappa shape index (κ2) is 5.59. The van der Waals surface area contributed by atoms with Crippen LogP contribution in [0.4, 0.5) is 0 Å². The third kappa shape index (κ3) is 3.37. The fourth-order valence-electron chi connectivity index (χ4n) is 1.76. The zero-order valence-electron chi connectivity index (χ0n) is 9.82. The lowest BCUT2D eigenvalue weighted by atomic mass is 10.1. The maximum absolute atomic E-state index is 11.2. The minimum Gasteiger partial charge on any atom is -0.455 e. The van der Waals surface area contributed by atoms with Crippen LogP contribution in [0.5, 0.6) is 0 Å². The molecule has 0 amide bonds. The van der Waals surface area contributed by atoms with Crippen LogP contribution in [0.3, 0.4) is 0 Å². The second-order valence-corrected chi connectivity index (χ2v) is 5.04. The quantitative estimate of drug-likeness (QED) is 0.758. The van der Waals surface area contributed by atoms with Gasteiger partial charge in [0.05, 0.1) is 0 Å². The van der Waals surface area contributed by atoms with Crippen LogP contribution in [0, 0.1) is 0 Å². The average Bonchev–Trinajstić information content (AvgIpc) is 2.26. The van der Waals surface area contributed by atoms with Crippen molar-refractivity contribution in [2.45, 2.75) is 19.4 Å². The van der Waals surface area contributed by atoms with Crippen LogP contribution >= 0.6 is 23.2 Å². The number of halogens is 2. The maximum Gasteiger partial charge on any atom is 0.331 e. The first-order chi connectivity index (χ1) is 8.54. The normalized spacial score (nSPS) is 19.8. The summed E-state index contributed by atoms with van der Waals surface area (Å²) in [5, 5.41) is 1.17. The van der Waals surface area contributed by atoms with Crippen molar-refractivity contribution in [1.82, 2.24) is 0 Å². The lowest BCUT2D eigenvalue weighted by Gasteiger charge is -2.18. The summed E-state index contributed by atoms with van der Waals surface area (Å²) >= 11 is 11.9. The first-order valence-electron chi connectivity index (χ1n) is 5.55. The molecule has 0 radical (unpaired) electrons. The predicted octanol–water partition coefficient (Wildman–Crippen LogP) is 4.27. The number of carbonyl (C=O) groups is 1. The number of hydrogen-bond donors (Lipinski definition) is 0. The number of benzene rings is 1. The Morgan fingerprint density at radius 1 is 1.39 bits per heavy atom. The first kappa shape index (κ1) is 13.2. The Morgan fingerprint density at radius 3 is 2.83 bits per heavy atom. The molecule has 18 heavy (non-hydrogen) atoms. The number of cyclic esters (lactones) is 1. The van der Waals surface area contributed by atoms with E-state index in [-0.39, 0.29) is 12.1 Å². The zero-order valence-corrected chi connectivity index (χ0v) is 11.3. The molecule has 1 aliphatic heterocycles. The number of carbonyl (C=O) groups excluding carboxylic acids is 1. The van der Waals surface area contributed by atoms with E-state index in [4.69, 9.17) is 27.9 Å². The lowest BCUT2D eigenvalue weighted by Crippen LogP contribution is -2.19. The van der Waals surface area contributed by atoms with Crippen LogP contribution in [0.15, 0.2) is 35.9 Å². The van der Waals surface area contributed by atoms with Gasteiger partial charge >= 0.3 is 5.97 Å². The van der Waals surface area contributed by atoms with E-state index in [2.05, 4.69) is 0 Å². The Kier molecular flexibility index (Phi) is 4.10. The van der Waals surface area contributed by atoms with Crippen molar-refractivity contribution in [2.75, 3.05) is 0 Å². The Labute approximate surface area is 116 Å². The summed E-state index contributed by atoms with van der Waals surface area (Å²) in [6.45, 7) is 1.91. The summed E-state index contributed by atoms with van der Waals surface area (Å²) in [5.41, 5.74) is 1.87. The number of esters is 1. The molecule has 4 heteroatoms. The van der Waals surface area contributed by atoms with Crippen molar-refractivity contribution >= 4 is 35.2 Å². The van der Waals surface area contributed by atoms with Crippen LogP contribution in [0.25, 0.3) is 6.08 Å². The van der Waals surface area contributed by atoms with Gasteiger partial charge in [-0.3, -0.25) is 0 Å². The molecule has 2 rings (SSSR count). The van der Waals surface area contributed by atoms with Crippen LogP contribution in [-0.4, -0.2) is 12.1 Å². The predicted molar refractivity (Wildman–Crippen MR) is 73.8 cm³/mol. The molecule has 0 saturated carbocycles. The molecular weight excluding hydrogens is 271 g/mol. The van der Waals surface area contributed by atoms with Crippen LogP contribution in [0.1, 0.15) is 18.9 Å². The molecule has 94 valence electrons. The SMILES string of the molecule is CC1=CC(=O)OC(/C=C/c2ccc(Cl)cc2Cl)C1. The molecule has 1 aliphatic rings.